The Kier molecular flexibility index (Phi) is 6.53. The Morgan fingerprint density at radius 1 is 1.20 bits per heavy atom. The third kappa shape index (κ3) is 5.81. The van der Waals surface area contributed by atoms with Crippen LogP contribution < -0.4 is 14.2 Å². The molecule has 1 fully saturated rings. The summed E-state index contributed by atoms with van der Waals surface area (Å²) in [5.41, 5.74) is 0.562. The Labute approximate surface area is 149 Å². The number of methoxy groups -OCH3 is 2. The maximum Gasteiger partial charge on any atom is 0.311 e. The predicted molar refractivity (Wildman–Crippen MR) is 93.5 cm³/mol. The number of aryl methyl sites for hydroxylation is 1. The maximum absolute atomic E-state index is 11.8. The Balaban J connectivity index is 1.94. The lowest BCUT2D eigenvalue weighted by atomic mass is 9.97. The second-order valence-electron chi connectivity index (χ2n) is 7.09. The minimum Gasteiger partial charge on any atom is -0.493 e. The molecule has 1 aromatic rings. The van der Waals surface area contributed by atoms with Crippen LogP contribution in [0.15, 0.2) is 12.1 Å². The highest BCUT2D eigenvalue weighted by Gasteiger charge is 2.25. The van der Waals surface area contributed by atoms with Crippen LogP contribution >= 0.6 is 0 Å². The molecule has 140 valence electrons. The number of carbonyl (C=O) groups is 1. The summed E-state index contributed by atoms with van der Waals surface area (Å²) < 4.78 is 27.1. The largest absolute Gasteiger partial charge is 0.493 e. The Hall–Kier alpha value is -1.95. The standard InChI is InChI=1S/C19H28O6/c1-19(2,3)18(20)23-8-6-7-13-9-15(21-4)17(16(10-13)22-5)25-12-14-11-24-14/h9-10,14H,6-8,11-12H2,1-5H3. The first-order valence-corrected chi connectivity index (χ1v) is 8.51. The minimum atomic E-state index is -0.475. The summed E-state index contributed by atoms with van der Waals surface area (Å²) in [6.07, 6.45) is 1.63. The molecule has 0 spiro atoms. The Morgan fingerprint density at radius 2 is 1.80 bits per heavy atom. The molecule has 1 saturated heterocycles. The Morgan fingerprint density at radius 3 is 2.28 bits per heavy atom. The first kappa shape index (κ1) is 19.4. The van der Waals surface area contributed by atoms with Crippen molar-refractivity contribution < 1.29 is 28.5 Å². The van der Waals surface area contributed by atoms with Crippen LogP contribution in [0.25, 0.3) is 0 Å². The van der Waals surface area contributed by atoms with Gasteiger partial charge in [-0.3, -0.25) is 4.79 Å². The molecule has 6 heteroatoms. The molecule has 0 aromatic heterocycles. The van der Waals surface area contributed by atoms with E-state index in [1.165, 1.54) is 0 Å². The fourth-order valence-corrected chi connectivity index (χ4v) is 2.22. The van der Waals surface area contributed by atoms with E-state index in [-0.39, 0.29) is 12.1 Å². The van der Waals surface area contributed by atoms with Gasteiger partial charge in [0.2, 0.25) is 5.75 Å². The zero-order valence-electron chi connectivity index (χ0n) is 15.7. The first-order valence-electron chi connectivity index (χ1n) is 8.51. The number of epoxide rings is 1. The lowest BCUT2D eigenvalue weighted by Crippen LogP contribution is -2.23. The SMILES string of the molecule is COc1cc(CCCOC(=O)C(C)(C)C)cc(OC)c1OCC1CO1. The van der Waals surface area contributed by atoms with E-state index in [4.69, 9.17) is 23.7 Å². The molecular formula is C19H28O6. The van der Waals surface area contributed by atoms with Crippen molar-refractivity contribution in [1.29, 1.82) is 0 Å². The number of hydrogen-bond acceptors (Lipinski definition) is 6. The van der Waals surface area contributed by atoms with Crippen LogP contribution in [-0.2, 0) is 20.7 Å². The van der Waals surface area contributed by atoms with Gasteiger partial charge in [0.1, 0.15) is 12.7 Å². The van der Waals surface area contributed by atoms with Crippen molar-refractivity contribution in [3.05, 3.63) is 17.7 Å². The fraction of sp³-hybridized carbons (Fsp3) is 0.632. The third-order valence-electron chi connectivity index (χ3n) is 3.79. The quantitative estimate of drug-likeness (QED) is 0.387. The van der Waals surface area contributed by atoms with Crippen LogP contribution in [0.3, 0.4) is 0 Å². The molecule has 1 aromatic carbocycles. The molecule has 0 amide bonds. The first-order chi connectivity index (χ1) is 11.8. The highest BCUT2D eigenvalue weighted by atomic mass is 16.6. The van der Waals surface area contributed by atoms with E-state index in [1.807, 2.05) is 32.9 Å². The summed E-state index contributed by atoms with van der Waals surface area (Å²) in [5.74, 6) is 1.65. The summed E-state index contributed by atoms with van der Waals surface area (Å²) in [6, 6.07) is 3.86. The van der Waals surface area contributed by atoms with Crippen molar-refractivity contribution >= 4 is 5.97 Å². The molecule has 25 heavy (non-hydrogen) atoms. The number of carbonyl (C=O) groups excluding carboxylic acids is 1. The van der Waals surface area contributed by atoms with Gasteiger partial charge in [-0.1, -0.05) is 0 Å². The number of esters is 1. The molecule has 0 saturated carbocycles. The van der Waals surface area contributed by atoms with Crippen LogP contribution in [0.4, 0.5) is 0 Å². The van der Waals surface area contributed by atoms with Gasteiger partial charge in [0.05, 0.1) is 32.8 Å². The minimum absolute atomic E-state index is 0.159. The maximum atomic E-state index is 11.8. The molecule has 1 unspecified atom stereocenters. The molecule has 1 heterocycles. The monoisotopic (exact) mass is 352 g/mol. The van der Waals surface area contributed by atoms with Gasteiger partial charge in [0, 0.05) is 0 Å². The zero-order chi connectivity index (χ0) is 18.4. The molecule has 1 aliphatic heterocycles. The summed E-state index contributed by atoms with van der Waals surface area (Å²) in [6.45, 7) is 7.13. The smallest absolute Gasteiger partial charge is 0.311 e. The lowest BCUT2D eigenvalue weighted by molar-refractivity contribution is -0.153. The van der Waals surface area contributed by atoms with E-state index in [0.717, 1.165) is 25.0 Å². The highest BCUT2D eigenvalue weighted by Crippen LogP contribution is 2.39. The van der Waals surface area contributed by atoms with Crippen LogP contribution in [-0.4, -0.2) is 46.1 Å². The molecular weight excluding hydrogens is 324 g/mol. The van der Waals surface area contributed by atoms with Gasteiger partial charge in [-0.25, -0.2) is 0 Å². The predicted octanol–water partition coefficient (Wildman–Crippen LogP) is 3.00. The van der Waals surface area contributed by atoms with Gasteiger partial charge in [-0.05, 0) is 51.3 Å². The summed E-state index contributed by atoms with van der Waals surface area (Å²) in [7, 11) is 3.20. The van der Waals surface area contributed by atoms with Crippen LogP contribution in [0.2, 0.25) is 0 Å². The molecule has 1 atom stereocenters. The van der Waals surface area contributed by atoms with Gasteiger partial charge in [-0.2, -0.15) is 0 Å². The fourth-order valence-electron chi connectivity index (χ4n) is 2.22. The van der Waals surface area contributed by atoms with Crippen molar-refractivity contribution in [3.8, 4) is 17.2 Å². The van der Waals surface area contributed by atoms with Gasteiger partial charge in [0.15, 0.2) is 11.5 Å². The molecule has 2 rings (SSSR count). The summed E-state index contributed by atoms with van der Waals surface area (Å²) >= 11 is 0. The molecule has 6 nitrogen and oxygen atoms in total. The van der Waals surface area contributed by atoms with Crippen molar-refractivity contribution in [1.82, 2.24) is 0 Å². The number of rotatable bonds is 9. The average Bonchev–Trinajstić information content (AvgIpc) is 3.39. The summed E-state index contributed by atoms with van der Waals surface area (Å²) in [4.78, 5) is 11.8. The topological polar surface area (TPSA) is 66.5 Å². The van der Waals surface area contributed by atoms with Gasteiger partial charge in [0.25, 0.3) is 0 Å². The molecule has 1 aliphatic rings. The van der Waals surface area contributed by atoms with Gasteiger partial charge in [-0.15, -0.1) is 0 Å². The number of ether oxygens (including phenoxy) is 5. The van der Waals surface area contributed by atoms with Crippen LogP contribution in [0.1, 0.15) is 32.8 Å². The molecule has 0 radical (unpaired) electrons. The third-order valence-corrected chi connectivity index (χ3v) is 3.79. The average molecular weight is 352 g/mol. The second-order valence-corrected chi connectivity index (χ2v) is 7.09. The van der Waals surface area contributed by atoms with Crippen molar-refractivity contribution in [2.24, 2.45) is 5.41 Å². The summed E-state index contributed by atoms with van der Waals surface area (Å²) in [5, 5.41) is 0. The highest BCUT2D eigenvalue weighted by molar-refractivity contribution is 5.75. The number of hydrogen-bond donors (Lipinski definition) is 0. The normalized spacial score (nSPS) is 16.3. The van der Waals surface area contributed by atoms with Crippen molar-refractivity contribution in [3.63, 3.8) is 0 Å². The molecule has 0 aliphatic carbocycles. The Bertz CT molecular complexity index is 561. The molecule has 0 N–H and O–H groups in total. The van der Waals surface area contributed by atoms with E-state index in [9.17, 15) is 4.79 Å². The molecule has 0 bridgehead atoms. The second kappa shape index (κ2) is 8.43. The van der Waals surface area contributed by atoms with Crippen molar-refractivity contribution in [2.45, 2.75) is 39.7 Å². The van der Waals surface area contributed by atoms with Crippen LogP contribution in [0, 0.1) is 5.41 Å². The zero-order valence-corrected chi connectivity index (χ0v) is 15.7. The van der Waals surface area contributed by atoms with E-state index < -0.39 is 5.41 Å². The van der Waals surface area contributed by atoms with Crippen molar-refractivity contribution in [2.75, 3.05) is 34.0 Å². The van der Waals surface area contributed by atoms with Crippen LogP contribution in [0.5, 0.6) is 17.2 Å². The van der Waals surface area contributed by atoms with Gasteiger partial charge < -0.3 is 23.7 Å². The lowest BCUT2D eigenvalue weighted by Gasteiger charge is -2.17. The van der Waals surface area contributed by atoms with E-state index in [2.05, 4.69) is 0 Å². The van der Waals surface area contributed by atoms with E-state index in [0.29, 0.717) is 30.5 Å². The van der Waals surface area contributed by atoms with Gasteiger partial charge >= 0.3 is 5.97 Å². The number of benzene rings is 1. The van der Waals surface area contributed by atoms with E-state index in [1.54, 1.807) is 14.2 Å². The van der Waals surface area contributed by atoms with E-state index >= 15 is 0 Å².